The molecule has 35 heavy (non-hydrogen) atoms. The number of aliphatic hydroxyl groups is 1. The predicted molar refractivity (Wildman–Crippen MR) is 126 cm³/mol. The lowest BCUT2D eigenvalue weighted by Crippen LogP contribution is -2.16. The van der Waals surface area contributed by atoms with E-state index in [0.29, 0.717) is 17.1 Å². The zero-order valence-electron chi connectivity index (χ0n) is 19.1. The van der Waals surface area contributed by atoms with Gasteiger partial charge >= 0.3 is 5.69 Å². The molecule has 2 aromatic carbocycles. The lowest BCUT2D eigenvalue weighted by atomic mass is 10.2. The average Bonchev–Trinajstić information content (AvgIpc) is 3.17. The first-order chi connectivity index (χ1) is 16.9. The van der Waals surface area contributed by atoms with Gasteiger partial charge in [-0.2, -0.15) is 4.98 Å². The highest BCUT2D eigenvalue weighted by Gasteiger charge is 2.21. The average molecular weight is 505 g/mol. The van der Waals surface area contributed by atoms with Crippen molar-refractivity contribution >= 4 is 22.8 Å². The van der Waals surface area contributed by atoms with Crippen LogP contribution in [-0.4, -0.2) is 52.1 Å². The van der Waals surface area contributed by atoms with E-state index in [9.17, 15) is 14.3 Å². The highest BCUT2D eigenvalue weighted by atomic mass is 35.5. The van der Waals surface area contributed by atoms with Gasteiger partial charge < -0.3 is 24.1 Å². The number of imidazole rings is 1. The number of aromatic amines is 1. The third-order valence-corrected chi connectivity index (χ3v) is 5.38. The molecule has 0 spiro atoms. The summed E-state index contributed by atoms with van der Waals surface area (Å²) in [6.45, 7) is 1.17. The molecule has 0 saturated carbocycles. The molecule has 0 amide bonds. The Morgan fingerprint density at radius 1 is 1.11 bits per heavy atom. The summed E-state index contributed by atoms with van der Waals surface area (Å²) in [5.41, 5.74) is 0.420. The van der Waals surface area contributed by atoms with Crippen molar-refractivity contribution in [1.82, 2.24) is 19.5 Å². The first-order valence-corrected chi connectivity index (χ1v) is 10.8. The predicted octanol–water partition coefficient (Wildman–Crippen LogP) is 3.18. The Kier molecular flexibility index (Phi) is 7.08. The smallest absolute Gasteiger partial charge is 0.332 e. The van der Waals surface area contributed by atoms with E-state index >= 15 is 0 Å². The summed E-state index contributed by atoms with van der Waals surface area (Å²) in [6.07, 6.45) is 0. The van der Waals surface area contributed by atoms with Crippen molar-refractivity contribution < 1.29 is 28.4 Å². The minimum Gasteiger partial charge on any atom is -0.496 e. The van der Waals surface area contributed by atoms with E-state index in [0.717, 1.165) is 0 Å². The number of methoxy groups -OCH3 is 2. The number of aliphatic hydroxyl groups excluding tert-OH is 1. The van der Waals surface area contributed by atoms with Crippen molar-refractivity contribution in [2.45, 2.75) is 13.5 Å². The fraction of sp³-hybridized carbons (Fsp3) is 0.261. The van der Waals surface area contributed by atoms with E-state index in [1.165, 1.54) is 43.1 Å². The molecule has 0 aliphatic heterocycles. The van der Waals surface area contributed by atoms with E-state index in [2.05, 4.69) is 15.0 Å². The van der Waals surface area contributed by atoms with Crippen molar-refractivity contribution in [1.29, 1.82) is 0 Å². The molecule has 0 atom stereocenters. The van der Waals surface area contributed by atoms with Crippen molar-refractivity contribution in [2.75, 3.05) is 27.4 Å². The molecule has 0 radical (unpaired) electrons. The van der Waals surface area contributed by atoms with Crippen LogP contribution in [0.5, 0.6) is 23.1 Å². The molecule has 0 aliphatic rings. The molecule has 4 rings (SSSR count). The van der Waals surface area contributed by atoms with Crippen LogP contribution >= 0.6 is 11.6 Å². The van der Waals surface area contributed by atoms with Gasteiger partial charge in [-0.05, 0) is 19.1 Å². The van der Waals surface area contributed by atoms with E-state index in [1.54, 1.807) is 13.0 Å². The number of benzene rings is 2. The number of nitrogens with one attached hydrogen (secondary N) is 1. The minimum atomic E-state index is -0.536. The number of nitrogens with zero attached hydrogens (tertiary/aromatic N) is 3. The molecule has 184 valence electrons. The number of aryl methyl sites for hydroxylation is 1. The molecule has 2 aromatic heterocycles. The highest BCUT2D eigenvalue weighted by molar-refractivity contribution is 6.32. The number of hydrogen-bond donors (Lipinski definition) is 2. The zero-order chi connectivity index (χ0) is 25.1. The molecule has 12 heteroatoms. The number of H-pyrrole nitrogens is 1. The number of hydrogen-bond acceptors (Lipinski definition) is 8. The lowest BCUT2D eigenvalue weighted by Gasteiger charge is -2.17. The highest BCUT2D eigenvalue weighted by Crippen LogP contribution is 2.37. The second-order valence-corrected chi connectivity index (χ2v) is 7.68. The van der Waals surface area contributed by atoms with Crippen LogP contribution in [-0.2, 0) is 6.61 Å². The minimum absolute atomic E-state index is 0.0360. The Balaban J connectivity index is 1.84. The van der Waals surface area contributed by atoms with Gasteiger partial charge in [0.15, 0.2) is 17.1 Å². The molecule has 0 aliphatic carbocycles. The first kappa shape index (κ1) is 24.3. The van der Waals surface area contributed by atoms with Crippen LogP contribution in [0.25, 0.3) is 16.9 Å². The second-order valence-electron chi connectivity index (χ2n) is 7.28. The van der Waals surface area contributed by atoms with Crippen molar-refractivity contribution in [3.63, 3.8) is 0 Å². The van der Waals surface area contributed by atoms with Crippen LogP contribution in [0.15, 0.2) is 35.1 Å². The monoisotopic (exact) mass is 504 g/mol. The Bertz CT molecular complexity index is 1440. The molecule has 2 N–H and O–H groups in total. The van der Waals surface area contributed by atoms with E-state index < -0.39 is 11.5 Å². The molecular formula is C23H22ClFN4O6. The van der Waals surface area contributed by atoms with Gasteiger partial charge in [0, 0.05) is 12.1 Å². The molecule has 0 bridgehead atoms. The summed E-state index contributed by atoms with van der Waals surface area (Å²) in [5, 5.41) is 9.34. The van der Waals surface area contributed by atoms with Crippen LogP contribution in [0.1, 0.15) is 11.4 Å². The van der Waals surface area contributed by atoms with Crippen molar-refractivity contribution in [2.24, 2.45) is 0 Å². The molecule has 0 unspecified atom stereocenters. The maximum absolute atomic E-state index is 14.4. The van der Waals surface area contributed by atoms with E-state index in [4.69, 9.17) is 30.5 Å². The number of halogens is 2. The molecule has 0 saturated heterocycles. The normalized spacial score (nSPS) is 11.0. The third-order valence-electron chi connectivity index (χ3n) is 5.08. The Morgan fingerprint density at radius 3 is 2.60 bits per heavy atom. The summed E-state index contributed by atoms with van der Waals surface area (Å²) >= 11 is 6.52. The van der Waals surface area contributed by atoms with Crippen molar-refractivity contribution in [3.8, 4) is 28.8 Å². The van der Waals surface area contributed by atoms with Gasteiger partial charge in [-0.1, -0.05) is 17.7 Å². The first-order valence-electron chi connectivity index (χ1n) is 10.4. The summed E-state index contributed by atoms with van der Waals surface area (Å²) in [4.78, 5) is 24.1. The standard InChI is InChI=1S/C23H22ClFN4O6/c1-12-26-21-20(22(27-12)33-3)28-23(31)29(21)16-10-19(18(9-14(16)24)34-8-7-30)35-11-13-15(25)5-4-6-17(13)32-2/h4-6,9-10,30H,7-8,11H2,1-3H3,(H,28,31). The summed E-state index contributed by atoms with van der Waals surface area (Å²) in [7, 11) is 2.86. The lowest BCUT2D eigenvalue weighted by molar-refractivity contribution is 0.191. The Hall–Kier alpha value is -3.83. The van der Waals surface area contributed by atoms with Gasteiger partial charge in [0.25, 0.3) is 0 Å². The van der Waals surface area contributed by atoms with Gasteiger partial charge in [0.1, 0.15) is 36.1 Å². The Morgan fingerprint density at radius 2 is 1.89 bits per heavy atom. The van der Waals surface area contributed by atoms with Crippen LogP contribution < -0.4 is 24.6 Å². The van der Waals surface area contributed by atoms with Crippen molar-refractivity contribution in [3.05, 3.63) is 63.0 Å². The quantitative estimate of drug-likeness (QED) is 0.356. The maximum Gasteiger partial charge on any atom is 0.332 e. The largest absolute Gasteiger partial charge is 0.496 e. The number of rotatable bonds is 9. The molecule has 2 heterocycles. The summed E-state index contributed by atoms with van der Waals surface area (Å²) in [6, 6.07) is 7.34. The van der Waals surface area contributed by atoms with E-state index in [-0.39, 0.29) is 59.1 Å². The third kappa shape index (κ3) is 4.73. The van der Waals surface area contributed by atoms with Crippen LogP contribution in [0.3, 0.4) is 0 Å². The van der Waals surface area contributed by atoms with Gasteiger partial charge in [-0.3, -0.25) is 4.98 Å². The number of ether oxygens (including phenoxy) is 4. The second kappa shape index (κ2) is 10.2. The fourth-order valence-corrected chi connectivity index (χ4v) is 3.77. The molecular weight excluding hydrogens is 483 g/mol. The van der Waals surface area contributed by atoms with Gasteiger partial charge in [0.05, 0.1) is 37.1 Å². The zero-order valence-corrected chi connectivity index (χ0v) is 19.9. The van der Waals surface area contributed by atoms with Crippen LogP contribution in [0, 0.1) is 12.7 Å². The van der Waals surface area contributed by atoms with E-state index in [1.807, 2.05) is 0 Å². The number of fused-ring (bicyclic) bond motifs is 1. The topological polar surface area (TPSA) is 121 Å². The summed E-state index contributed by atoms with van der Waals surface area (Å²) in [5.74, 6) is 0.726. The fourth-order valence-electron chi connectivity index (χ4n) is 3.53. The van der Waals surface area contributed by atoms with Gasteiger partial charge in [0.2, 0.25) is 5.88 Å². The Labute approximate surface area is 203 Å². The molecule has 4 aromatic rings. The van der Waals surface area contributed by atoms with Crippen LogP contribution in [0.4, 0.5) is 4.39 Å². The molecule has 0 fully saturated rings. The maximum atomic E-state index is 14.4. The number of aromatic nitrogens is 4. The van der Waals surface area contributed by atoms with Gasteiger partial charge in [-0.15, -0.1) is 0 Å². The van der Waals surface area contributed by atoms with Gasteiger partial charge in [-0.25, -0.2) is 18.7 Å². The molecule has 10 nitrogen and oxygen atoms in total. The van der Waals surface area contributed by atoms with Crippen LogP contribution in [0.2, 0.25) is 5.02 Å². The summed E-state index contributed by atoms with van der Waals surface area (Å²) < 4.78 is 37.6. The SMILES string of the molecule is COc1cccc(F)c1COc1cc(-n2c(=O)[nH]c3c(OC)nc(C)nc32)c(Cl)cc1OCCO.